The fraction of sp³-hybridized carbons (Fsp3) is 0.143. The summed E-state index contributed by atoms with van der Waals surface area (Å²) in [6, 6.07) is 12.3. The Bertz CT molecular complexity index is 1150. The second kappa shape index (κ2) is 9.42. The van der Waals surface area contributed by atoms with Crippen LogP contribution < -0.4 is 25.7 Å². The zero-order valence-electron chi connectivity index (χ0n) is 17.0. The molecule has 2 amide bonds. The molecule has 1 aromatic heterocycles. The molecule has 0 bridgehead atoms. The highest BCUT2D eigenvalue weighted by Gasteiger charge is 2.31. The number of carbonyl (C=O) groups excluding carboxylic acids is 2. The van der Waals surface area contributed by atoms with Crippen LogP contribution in [-0.2, 0) is 4.79 Å². The minimum atomic E-state index is -4.78. The van der Waals surface area contributed by atoms with Crippen molar-refractivity contribution in [3.8, 4) is 34.5 Å². The van der Waals surface area contributed by atoms with Crippen molar-refractivity contribution in [2.24, 2.45) is 11.5 Å². The Hall–Kier alpha value is -4.35. The van der Waals surface area contributed by atoms with E-state index in [0.29, 0.717) is 11.3 Å². The van der Waals surface area contributed by atoms with Crippen LogP contribution in [0.2, 0.25) is 0 Å². The van der Waals surface area contributed by atoms with E-state index in [1.54, 1.807) is 24.3 Å². The molecule has 1 heterocycles. The Morgan fingerprint density at radius 1 is 0.909 bits per heavy atom. The third-order valence-electron chi connectivity index (χ3n) is 4.06. The predicted octanol–water partition coefficient (Wildman–Crippen LogP) is 3.19. The van der Waals surface area contributed by atoms with Gasteiger partial charge in [0.2, 0.25) is 5.88 Å². The van der Waals surface area contributed by atoms with Crippen LogP contribution in [0.5, 0.6) is 23.1 Å². The first-order valence-electron chi connectivity index (χ1n) is 9.29. The normalized spacial score (nSPS) is 12.0. The van der Waals surface area contributed by atoms with Crippen molar-refractivity contribution in [2.45, 2.75) is 19.4 Å². The molecule has 9 nitrogen and oxygen atoms in total. The number of amides is 2. The van der Waals surface area contributed by atoms with E-state index in [-0.39, 0.29) is 28.9 Å². The molecule has 1 unspecified atom stereocenters. The molecule has 0 saturated carbocycles. The van der Waals surface area contributed by atoms with Gasteiger partial charge in [0.05, 0.1) is 0 Å². The van der Waals surface area contributed by atoms with Crippen molar-refractivity contribution < 1.29 is 37.0 Å². The van der Waals surface area contributed by atoms with Crippen molar-refractivity contribution >= 4 is 11.8 Å². The maximum atomic E-state index is 12.2. The van der Waals surface area contributed by atoms with E-state index in [2.05, 4.69) is 14.7 Å². The summed E-state index contributed by atoms with van der Waals surface area (Å²) >= 11 is 0. The van der Waals surface area contributed by atoms with E-state index in [0.717, 1.165) is 12.1 Å². The van der Waals surface area contributed by atoms with Gasteiger partial charge in [0.15, 0.2) is 11.9 Å². The topological polar surface area (TPSA) is 140 Å². The number of aromatic nitrogens is 2. The summed E-state index contributed by atoms with van der Waals surface area (Å²) in [6.07, 6.45) is -5.79. The lowest BCUT2D eigenvalue weighted by atomic mass is 10.2. The molecule has 0 spiro atoms. The Balaban J connectivity index is 1.78. The second-order valence-corrected chi connectivity index (χ2v) is 6.59. The SMILES string of the molecule is CC(Oc1cc(C(N)=O)nc(-c2ccc(Oc3ccc(OC(F)(F)F)cc3)cc2)n1)C(N)=O. The maximum Gasteiger partial charge on any atom is 0.573 e. The number of hydrogen-bond acceptors (Lipinski definition) is 7. The predicted molar refractivity (Wildman–Crippen MR) is 108 cm³/mol. The van der Waals surface area contributed by atoms with Gasteiger partial charge < -0.3 is 25.7 Å². The van der Waals surface area contributed by atoms with E-state index < -0.39 is 24.3 Å². The van der Waals surface area contributed by atoms with Crippen molar-refractivity contribution in [1.29, 1.82) is 0 Å². The molecule has 3 rings (SSSR count). The Morgan fingerprint density at radius 2 is 1.45 bits per heavy atom. The molecular formula is C21H17F3N4O5. The van der Waals surface area contributed by atoms with Crippen molar-refractivity contribution in [3.63, 3.8) is 0 Å². The van der Waals surface area contributed by atoms with Crippen LogP contribution in [0.25, 0.3) is 11.4 Å². The summed E-state index contributed by atoms with van der Waals surface area (Å²) in [5, 5.41) is 0. The number of carbonyl (C=O) groups is 2. The highest BCUT2D eigenvalue weighted by atomic mass is 19.4. The highest BCUT2D eigenvalue weighted by Crippen LogP contribution is 2.29. The van der Waals surface area contributed by atoms with E-state index in [4.69, 9.17) is 20.9 Å². The molecule has 0 aliphatic rings. The van der Waals surface area contributed by atoms with Gasteiger partial charge in [0.1, 0.15) is 22.9 Å². The molecule has 0 saturated heterocycles. The van der Waals surface area contributed by atoms with Crippen molar-refractivity contribution in [2.75, 3.05) is 0 Å². The van der Waals surface area contributed by atoms with Crippen LogP contribution in [0.3, 0.4) is 0 Å². The minimum Gasteiger partial charge on any atom is -0.464 e. The first kappa shape index (κ1) is 23.3. The van der Waals surface area contributed by atoms with E-state index in [9.17, 15) is 22.8 Å². The van der Waals surface area contributed by atoms with Gasteiger partial charge in [-0.1, -0.05) is 0 Å². The van der Waals surface area contributed by atoms with Crippen LogP contribution in [0.1, 0.15) is 17.4 Å². The van der Waals surface area contributed by atoms with Gasteiger partial charge in [0, 0.05) is 11.6 Å². The molecule has 172 valence electrons. The molecule has 2 aromatic carbocycles. The van der Waals surface area contributed by atoms with Gasteiger partial charge in [-0.25, -0.2) is 4.98 Å². The number of benzene rings is 2. The third-order valence-corrected chi connectivity index (χ3v) is 4.06. The van der Waals surface area contributed by atoms with Gasteiger partial charge in [0.25, 0.3) is 11.8 Å². The number of alkyl halides is 3. The highest BCUT2D eigenvalue weighted by molar-refractivity contribution is 5.91. The Morgan fingerprint density at radius 3 is 1.97 bits per heavy atom. The lowest BCUT2D eigenvalue weighted by Gasteiger charge is -2.12. The number of nitrogens with two attached hydrogens (primary N) is 2. The monoisotopic (exact) mass is 462 g/mol. The van der Waals surface area contributed by atoms with Crippen LogP contribution in [0.4, 0.5) is 13.2 Å². The lowest BCUT2D eigenvalue weighted by Crippen LogP contribution is -2.31. The zero-order valence-corrected chi connectivity index (χ0v) is 17.0. The first-order valence-corrected chi connectivity index (χ1v) is 9.29. The van der Waals surface area contributed by atoms with Crippen molar-refractivity contribution in [3.05, 3.63) is 60.3 Å². The van der Waals surface area contributed by atoms with Gasteiger partial charge in [-0.3, -0.25) is 9.59 Å². The molecule has 0 aliphatic heterocycles. The number of hydrogen-bond donors (Lipinski definition) is 2. The molecule has 0 aliphatic carbocycles. The Labute approximate surface area is 185 Å². The van der Waals surface area contributed by atoms with Crippen LogP contribution in [0, 0.1) is 0 Å². The number of primary amides is 2. The van der Waals surface area contributed by atoms with Crippen molar-refractivity contribution in [1.82, 2.24) is 9.97 Å². The zero-order chi connectivity index (χ0) is 24.2. The maximum absolute atomic E-state index is 12.2. The fourth-order valence-corrected chi connectivity index (χ4v) is 2.50. The molecule has 33 heavy (non-hydrogen) atoms. The molecule has 4 N–H and O–H groups in total. The molecular weight excluding hydrogens is 445 g/mol. The summed E-state index contributed by atoms with van der Waals surface area (Å²) in [6.45, 7) is 1.42. The average molecular weight is 462 g/mol. The van der Waals surface area contributed by atoms with Gasteiger partial charge in [-0.15, -0.1) is 13.2 Å². The first-order chi connectivity index (χ1) is 15.5. The molecule has 12 heteroatoms. The molecule has 3 aromatic rings. The summed E-state index contributed by atoms with van der Waals surface area (Å²) in [5.41, 5.74) is 10.8. The summed E-state index contributed by atoms with van der Waals surface area (Å²) < 4.78 is 51.5. The van der Waals surface area contributed by atoms with E-state index >= 15 is 0 Å². The smallest absolute Gasteiger partial charge is 0.464 e. The average Bonchev–Trinajstić information content (AvgIpc) is 2.74. The largest absolute Gasteiger partial charge is 0.573 e. The number of ether oxygens (including phenoxy) is 3. The Kier molecular flexibility index (Phi) is 6.66. The van der Waals surface area contributed by atoms with Crippen LogP contribution in [0.15, 0.2) is 54.6 Å². The molecule has 1 atom stereocenters. The number of rotatable bonds is 8. The third kappa shape index (κ3) is 6.56. The fourth-order valence-electron chi connectivity index (χ4n) is 2.50. The lowest BCUT2D eigenvalue weighted by molar-refractivity contribution is -0.274. The quantitative estimate of drug-likeness (QED) is 0.524. The standard InChI is InChI=1S/C21H17F3N4O5/c1-11(18(25)29)31-17-10-16(19(26)30)27-20(28-17)12-2-4-13(5-3-12)32-14-6-8-15(9-7-14)33-21(22,23)24/h2-11H,1H3,(H2,25,29)(H2,26,30). The van der Waals surface area contributed by atoms with E-state index in [1.807, 2.05) is 0 Å². The summed E-state index contributed by atoms with van der Waals surface area (Å²) in [7, 11) is 0. The van der Waals surface area contributed by atoms with Gasteiger partial charge in [-0.05, 0) is 55.5 Å². The summed E-state index contributed by atoms with van der Waals surface area (Å²) in [4.78, 5) is 31.1. The molecule has 0 radical (unpaired) electrons. The minimum absolute atomic E-state index is 0.0680. The number of nitrogens with zero attached hydrogens (tertiary/aromatic N) is 2. The summed E-state index contributed by atoms with van der Waals surface area (Å²) in [5.74, 6) is -1.25. The van der Waals surface area contributed by atoms with Crippen LogP contribution in [-0.4, -0.2) is 34.2 Å². The second-order valence-electron chi connectivity index (χ2n) is 6.59. The van der Waals surface area contributed by atoms with Gasteiger partial charge in [-0.2, -0.15) is 4.98 Å². The number of halogens is 3. The molecule has 0 fully saturated rings. The van der Waals surface area contributed by atoms with Crippen LogP contribution >= 0.6 is 0 Å². The van der Waals surface area contributed by atoms with Gasteiger partial charge >= 0.3 is 6.36 Å². The van der Waals surface area contributed by atoms with E-state index in [1.165, 1.54) is 25.1 Å².